The Morgan fingerprint density at radius 2 is 1.64 bits per heavy atom. The number of aromatic amines is 1. The number of ketones is 1. The van der Waals surface area contributed by atoms with Crippen LogP contribution in [0.5, 0.6) is 5.75 Å². The van der Waals surface area contributed by atoms with Crippen LogP contribution in [-0.4, -0.2) is 31.2 Å². The number of carboxylic acids is 1. The summed E-state index contributed by atoms with van der Waals surface area (Å²) >= 11 is 7.90. The van der Waals surface area contributed by atoms with E-state index in [2.05, 4.69) is 30.3 Å². The van der Waals surface area contributed by atoms with Crippen LogP contribution in [0.4, 0.5) is 0 Å². The Labute approximate surface area is 273 Å². The number of hydrogen-bond acceptors (Lipinski definition) is 4. The number of carboxylic acid groups (broad SMARTS) is 1. The smallest absolute Gasteiger partial charge is 0.309 e. The van der Waals surface area contributed by atoms with Crippen molar-refractivity contribution >= 4 is 46.0 Å². The van der Waals surface area contributed by atoms with Crippen molar-refractivity contribution in [1.29, 1.82) is 0 Å². The second-order valence-electron chi connectivity index (χ2n) is 13.0. The maximum absolute atomic E-state index is 13.6. The highest BCUT2D eigenvalue weighted by molar-refractivity contribution is 8.00. The molecule has 3 aromatic carbocycles. The van der Waals surface area contributed by atoms with E-state index in [1.165, 1.54) is 0 Å². The molecule has 5 rings (SSSR count). The molecule has 2 N–H and O–H groups in total. The molecule has 8 heteroatoms. The lowest BCUT2D eigenvalue weighted by Gasteiger charge is -2.24. The number of halogens is 1. The lowest BCUT2D eigenvalue weighted by Crippen LogP contribution is -2.28. The van der Waals surface area contributed by atoms with Crippen molar-refractivity contribution in [2.24, 2.45) is 5.41 Å². The molecule has 234 valence electrons. The highest BCUT2D eigenvalue weighted by atomic mass is 35.5. The molecule has 2 heterocycles. The summed E-state index contributed by atoms with van der Waals surface area (Å²) in [4.78, 5) is 30.1. The van der Waals surface area contributed by atoms with E-state index in [1.54, 1.807) is 31.8 Å². The minimum absolute atomic E-state index is 0.0581. The minimum atomic E-state index is -0.999. The normalized spacial score (nSPS) is 12.8. The van der Waals surface area contributed by atoms with Gasteiger partial charge in [0.05, 0.1) is 11.1 Å². The largest absolute Gasteiger partial charge is 0.481 e. The summed E-state index contributed by atoms with van der Waals surface area (Å²) in [6.07, 6.45) is 1.54. The molecule has 6 nitrogen and oxygen atoms in total. The summed E-state index contributed by atoms with van der Waals surface area (Å²) in [5.74, 6) is -0.351. The van der Waals surface area contributed by atoms with Gasteiger partial charge in [-0.25, -0.2) is 0 Å². The summed E-state index contributed by atoms with van der Waals surface area (Å²) in [6.45, 7) is 10.5. The fourth-order valence-corrected chi connectivity index (χ4v) is 6.62. The average Bonchev–Trinajstić information content (AvgIpc) is 3.60. The Morgan fingerprint density at radius 3 is 2.27 bits per heavy atom. The number of ether oxygens (including phenoxy) is 1. The van der Waals surface area contributed by atoms with Crippen LogP contribution in [0.15, 0.2) is 96.0 Å². The van der Waals surface area contributed by atoms with Gasteiger partial charge in [-0.2, -0.15) is 0 Å². The summed E-state index contributed by atoms with van der Waals surface area (Å²) in [6, 6.07) is 27.0. The fraction of sp³-hybridized carbons (Fsp3) is 0.297. The SMILES string of the molecule is CC(C)(C)Sc1c(CC(C)(C)C(=O)O)n(Cc2ccc(Cl)cc2)c2ccc(OC(C(=O)Cc3ccccc3)c3ccc[nH]3)cc12. The standard InChI is InChI=1S/C37H39ClN2O4S/c1-36(2,3)45-34-28-21-27(44-33(29-12-9-19-39-29)32(41)20-24-10-7-6-8-11-24)17-18-30(28)40(23-25-13-15-26(38)16-14-25)31(34)22-37(4,5)35(42)43/h6-19,21,33,39H,20,22-23H2,1-5H3,(H,42,43). The van der Waals surface area contributed by atoms with Crippen molar-refractivity contribution in [1.82, 2.24) is 9.55 Å². The molecule has 0 spiro atoms. The van der Waals surface area contributed by atoms with Crippen molar-refractivity contribution in [3.8, 4) is 5.75 Å². The molecule has 1 unspecified atom stereocenters. The third-order valence-electron chi connectivity index (χ3n) is 7.61. The Bertz CT molecular complexity index is 1790. The number of Topliss-reactive ketones (excluding diaryl/α,β-unsaturated/α-hetero) is 1. The number of benzene rings is 3. The molecule has 0 aliphatic rings. The molecule has 5 aromatic rings. The van der Waals surface area contributed by atoms with Crippen molar-refractivity contribution in [2.45, 2.75) is 69.8 Å². The van der Waals surface area contributed by atoms with Gasteiger partial charge in [0, 0.05) is 56.8 Å². The van der Waals surface area contributed by atoms with Gasteiger partial charge in [0.1, 0.15) is 5.75 Å². The zero-order valence-electron chi connectivity index (χ0n) is 26.3. The van der Waals surface area contributed by atoms with E-state index in [4.69, 9.17) is 16.3 Å². The van der Waals surface area contributed by atoms with Gasteiger partial charge in [0.15, 0.2) is 11.9 Å². The van der Waals surface area contributed by atoms with Crippen molar-refractivity contribution < 1.29 is 19.4 Å². The van der Waals surface area contributed by atoms with Crippen LogP contribution in [0.25, 0.3) is 10.9 Å². The summed E-state index contributed by atoms with van der Waals surface area (Å²) in [5.41, 5.74) is 3.58. The van der Waals surface area contributed by atoms with Crippen LogP contribution >= 0.6 is 23.4 Å². The molecule has 0 fully saturated rings. The number of H-pyrrole nitrogens is 1. The van der Waals surface area contributed by atoms with Crippen LogP contribution in [0.2, 0.25) is 5.02 Å². The predicted octanol–water partition coefficient (Wildman–Crippen LogP) is 9.15. The first kappa shape index (κ1) is 32.5. The van der Waals surface area contributed by atoms with Gasteiger partial charge < -0.3 is 19.4 Å². The highest BCUT2D eigenvalue weighted by Crippen LogP contribution is 2.44. The molecule has 0 aliphatic heterocycles. The predicted molar refractivity (Wildman–Crippen MR) is 183 cm³/mol. The lowest BCUT2D eigenvalue weighted by atomic mass is 9.88. The number of carbonyl (C=O) groups is 2. The van der Waals surface area contributed by atoms with Gasteiger partial charge >= 0.3 is 5.97 Å². The molecule has 0 saturated heterocycles. The Kier molecular flexibility index (Phi) is 9.52. The number of fused-ring (bicyclic) bond motifs is 1. The molecular weight excluding hydrogens is 604 g/mol. The number of carbonyl (C=O) groups excluding carboxylic acids is 1. The molecular formula is C37H39ClN2O4S. The monoisotopic (exact) mass is 642 g/mol. The number of aliphatic carboxylic acids is 1. The van der Waals surface area contributed by atoms with E-state index in [0.717, 1.165) is 32.6 Å². The number of rotatable bonds is 12. The number of nitrogens with one attached hydrogen (secondary N) is 1. The first-order valence-electron chi connectivity index (χ1n) is 15.0. The zero-order valence-corrected chi connectivity index (χ0v) is 27.8. The van der Waals surface area contributed by atoms with Gasteiger partial charge in [-0.15, -0.1) is 11.8 Å². The number of thioether (sulfide) groups is 1. The van der Waals surface area contributed by atoms with Gasteiger partial charge in [0.25, 0.3) is 0 Å². The third kappa shape index (κ3) is 7.84. The summed E-state index contributed by atoms with van der Waals surface area (Å²) < 4.78 is 8.55. The fourth-order valence-electron chi connectivity index (χ4n) is 5.31. The molecule has 0 bridgehead atoms. The van der Waals surface area contributed by atoms with E-state index in [9.17, 15) is 14.7 Å². The minimum Gasteiger partial charge on any atom is -0.481 e. The molecule has 0 amide bonds. The Morgan fingerprint density at radius 1 is 0.933 bits per heavy atom. The van der Waals surface area contributed by atoms with E-state index in [0.29, 0.717) is 29.4 Å². The summed E-state index contributed by atoms with van der Waals surface area (Å²) in [7, 11) is 0. The number of hydrogen-bond donors (Lipinski definition) is 2. The van der Waals surface area contributed by atoms with Crippen molar-refractivity contribution in [3.05, 3.63) is 119 Å². The molecule has 2 aromatic heterocycles. The average molecular weight is 643 g/mol. The molecule has 0 radical (unpaired) electrons. The number of aromatic nitrogens is 2. The van der Waals surface area contributed by atoms with Crippen LogP contribution in [0, 0.1) is 5.41 Å². The van der Waals surface area contributed by atoms with Crippen molar-refractivity contribution in [2.75, 3.05) is 0 Å². The molecule has 45 heavy (non-hydrogen) atoms. The summed E-state index contributed by atoms with van der Waals surface area (Å²) in [5, 5.41) is 11.7. The quantitative estimate of drug-likeness (QED) is 0.133. The van der Waals surface area contributed by atoms with Crippen molar-refractivity contribution in [3.63, 3.8) is 0 Å². The maximum Gasteiger partial charge on any atom is 0.309 e. The topological polar surface area (TPSA) is 84.3 Å². The molecule has 1 atom stereocenters. The Balaban J connectivity index is 1.62. The molecule has 0 saturated carbocycles. The van der Waals surface area contributed by atoms with E-state index < -0.39 is 17.5 Å². The van der Waals surface area contributed by atoms with Crippen LogP contribution < -0.4 is 4.74 Å². The molecule has 0 aliphatic carbocycles. The van der Waals surface area contributed by atoms with Crippen LogP contribution in [0.3, 0.4) is 0 Å². The lowest BCUT2D eigenvalue weighted by molar-refractivity contribution is -0.146. The van der Waals surface area contributed by atoms with E-state index in [1.807, 2.05) is 84.9 Å². The first-order chi connectivity index (χ1) is 21.3. The van der Waals surface area contributed by atoms with Gasteiger partial charge in [-0.1, -0.05) is 74.8 Å². The van der Waals surface area contributed by atoms with E-state index in [-0.39, 0.29) is 17.0 Å². The van der Waals surface area contributed by atoms with Gasteiger partial charge in [-0.3, -0.25) is 9.59 Å². The first-order valence-corrected chi connectivity index (χ1v) is 16.2. The second kappa shape index (κ2) is 13.2. The number of nitrogens with zero attached hydrogens (tertiary/aromatic N) is 1. The van der Waals surface area contributed by atoms with E-state index >= 15 is 0 Å². The zero-order chi connectivity index (χ0) is 32.4. The second-order valence-corrected chi connectivity index (χ2v) is 15.3. The van der Waals surface area contributed by atoms with Crippen LogP contribution in [-0.2, 0) is 29.0 Å². The Hall–Kier alpha value is -3.94. The highest BCUT2D eigenvalue weighted by Gasteiger charge is 2.33. The van der Waals surface area contributed by atoms with Crippen LogP contribution in [0.1, 0.15) is 63.2 Å². The third-order valence-corrected chi connectivity index (χ3v) is 9.14. The maximum atomic E-state index is 13.6. The van der Waals surface area contributed by atoms with Gasteiger partial charge in [-0.05, 0) is 67.4 Å². The van der Waals surface area contributed by atoms with Gasteiger partial charge in [0.2, 0.25) is 0 Å².